The maximum atomic E-state index is 10.4. The van der Waals surface area contributed by atoms with Crippen LogP contribution in [0.15, 0.2) is 0 Å². The van der Waals surface area contributed by atoms with Crippen molar-refractivity contribution in [2.24, 2.45) is 11.8 Å². The maximum Gasteiger partial charge on any atom is 0.0635 e. The quantitative estimate of drug-likeness (QED) is 0.805. The molecular formula is C14H28N2O. The highest BCUT2D eigenvalue weighted by Gasteiger charge is 2.43. The molecule has 2 rings (SSSR count). The van der Waals surface area contributed by atoms with Crippen molar-refractivity contribution in [1.82, 2.24) is 9.80 Å². The van der Waals surface area contributed by atoms with Crippen molar-refractivity contribution in [1.29, 1.82) is 0 Å². The summed E-state index contributed by atoms with van der Waals surface area (Å²) in [7, 11) is 4.31. The van der Waals surface area contributed by atoms with E-state index in [1.807, 2.05) is 0 Å². The van der Waals surface area contributed by atoms with Gasteiger partial charge in [0.2, 0.25) is 0 Å². The molecule has 4 unspecified atom stereocenters. The molecule has 17 heavy (non-hydrogen) atoms. The van der Waals surface area contributed by atoms with E-state index < -0.39 is 0 Å². The molecule has 0 radical (unpaired) electrons. The number of piperidine rings is 1. The number of hydrogen-bond donors (Lipinski definition) is 1. The molecule has 0 spiro atoms. The van der Waals surface area contributed by atoms with Crippen molar-refractivity contribution >= 4 is 0 Å². The molecule has 0 aromatic carbocycles. The van der Waals surface area contributed by atoms with Crippen LogP contribution in [0.25, 0.3) is 0 Å². The predicted molar refractivity (Wildman–Crippen MR) is 71.0 cm³/mol. The third-order valence-corrected chi connectivity index (χ3v) is 4.70. The zero-order valence-electron chi connectivity index (χ0n) is 11.6. The minimum Gasteiger partial charge on any atom is -0.392 e. The fourth-order valence-corrected chi connectivity index (χ4v) is 3.69. The van der Waals surface area contributed by atoms with Gasteiger partial charge in [-0.2, -0.15) is 0 Å². The normalized spacial score (nSPS) is 38.6. The van der Waals surface area contributed by atoms with E-state index in [2.05, 4.69) is 30.8 Å². The molecule has 1 heterocycles. The highest BCUT2D eigenvalue weighted by Crippen LogP contribution is 2.36. The number of hydrogen-bond acceptors (Lipinski definition) is 3. The number of fused-ring (bicyclic) bond motifs is 2. The Hall–Kier alpha value is -0.120. The summed E-state index contributed by atoms with van der Waals surface area (Å²) >= 11 is 0. The highest BCUT2D eigenvalue weighted by atomic mass is 16.3. The second-order valence-corrected chi connectivity index (χ2v) is 6.14. The number of aliphatic hydroxyl groups is 1. The summed E-state index contributed by atoms with van der Waals surface area (Å²) in [6.07, 6.45) is 4.96. The van der Waals surface area contributed by atoms with Crippen LogP contribution >= 0.6 is 0 Å². The van der Waals surface area contributed by atoms with Gasteiger partial charge < -0.3 is 14.9 Å². The van der Waals surface area contributed by atoms with Crippen LogP contribution in [-0.4, -0.2) is 60.8 Å². The molecule has 0 aromatic rings. The van der Waals surface area contributed by atoms with Gasteiger partial charge >= 0.3 is 0 Å². The van der Waals surface area contributed by atoms with Crippen molar-refractivity contribution in [3.8, 4) is 0 Å². The Bertz CT molecular complexity index is 244. The lowest BCUT2D eigenvalue weighted by Crippen LogP contribution is -2.59. The molecule has 2 fully saturated rings. The first-order valence-electron chi connectivity index (χ1n) is 7.20. The first-order chi connectivity index (χ1) is 8.13. The second-order valence-electron chi connectivity index (χ2n) is 6.14. The third kappa shape index (κ3) is 2.83. The molecule has 1 aliphatic carbocycles. The van der Waals surface area contributed by atoms with Crippen LogP contribution in [0.2, 0.25) is 0 Å². The molecule has 2 aliphatic rings. The Morgan fingerprint density at radius 2 is 2.00 bits per heavy atom. The van der Waals surface area contributed by atoms with Gasteiger partial charge in [0, 0.05) is 25.0 Å². The molecule has 3 heteroatoms. The molecule has 3 nitrogen and oxygen atoms in total. The Balaban J connectivity index is 1.99. The standard InChI is InChI=1S/C14H28N2O/c1-4-5-8-16-9-11-6-7-13(15(2)3)12(10-16)14(11)17/h11-14,17H,4-10H2,1-3H3. The van der Waals surface area contributed by atoms with Gasteiger partial charge in [0.1, 0.15) is 0 Å². The summed E-state index contributed by atoms with van der Waals surface area (Å²) in [5.41, 5.74) is 0. The SMILES string of the molecule is CCCCN1CC2CCC(N(C)C)C(C1)C2O. The zero-order chi connectivity index (χ0) is 12.4. The number of aliphatic hydroxyl groups excluding tert-OH is 1. The van der Waals surface area contributed by atoms with E-state index in [-0.39, 0.29) is 6.10 Å². The first kappa shape index (κ1) is 13.3. The number of likely N-dealkylation sites (tertiary alicyclic amines) is 1. The number of unbranched alkanes of at least 4 members (excludes halogenated alkanes) is 1. The average Bonchev–Trinajstić information content (AvgIpc) is 2.26. The van der Waals surface area contributed by atoms with Crippen molar-refractivity contribution in [3.63, 3.8) is 0 Å². The lowest BCUT2D eigenvalue weighted by molar-refractivity contribution is -0.0817. The molecule has 100 valence electrons. The number of rotatable bonds is 4. The molecule has 1 aliphatic heterocycles. The molecular weight excluding hydrogens is 212 g/mol. The topological polar surface area (TPSA) is 26.7 Å². The second kappa shape index (κ2) is 5.68. The van der Waals surface area contributed by atoms with Crippen molar-refractivity contribution in [2.45, 2.75) is 44.8 Å². The van der Waals surface area contributed by atoms with Crippen LogP contribution < -0.4 is 0 Å². The molecule has 1 N–H and O–H groups in total. The van der Waals surface area contributed by atoms with Crippen LogP contribution in [0.3, 0.4) is 0 Å². The molecule has 0 aromatic heterocycles. The Labute approximate surface area is 106 Å². The van der Waals surface area contributed by atoms with Crippen molar-refractivity contribution in [2.75, 3.05) is 33.7 Å². The highest BCUT2D eigenvalue weighted by molar-refractivity contribution is 4.97. The van der Waals surface area contributed by atoms with E-state index in [0.717, 1.165) is 13.1 Å². The van der Waals surface area contributed by atoms with Crippen LogP contribution in [0.4, 0.5) is 0 Å². The van der Waals surface area contributed by atoms with Gasteiger partial charge in [0.25, 0.3) is 0 Å². The Morgan fingerprint density at radius 3 is 2.65 bits per heavy atom. The third-order valence-electron chi connectivity index (χ3n) is 4.70. The number of nitrogens with zero attached hydrogens (tertiary/aromatic N) is 2. The lowest BCUT2D eigenvalue weighted by atomic mass is 9.72. The van der Waals surface area contributed by atoms with Gasteiger partial charge in [-0.1, -0.05) is 13.3 Å². The van der Waals surface area contributed by atoms with Crippen molar-refractivity contribution in [3.05, 3.63) is 0 Å². The van der Waals surface area contributed by atoms with Gasteiger partial charge in [-0.05, 0) is 45.8 Å². The van der Waals surface area contributed by atoms with E-state index in [0.29, 0.717) is 17.9 Å². The predicted octanol–water partition coefficient (Wildman–Crippen LogP) is 1.42. The van der Waals surface area contributed by atoms with E-state index in [4.69, 9.17) is 0 Å². The van der Waals surface area contributed by atoms with Crippen LogP contribution in [0.1, 0.15) is 32.6 Å². The molecule has 2 bridgehead atoms. The largest absolute Gasteiger partial charge is 0.392 e. The van der Waals surface area contributed by atoms with Gasteiger partial charge in [-0.25, -0.2) is 0 Å². The summed E-state index contributed by atoms with van der Waals surface area (Å²) in [4.78, 5) is 4.90. The van der Waals surface area contributed by atoms with Crippen LogP contribution in [0.5, 0.6) is 0 Å². The van der Waals surface area contributed by atoms with E-state index in [1.54, 1.807) is 0 Å². The molecule has 4 atom stereocenters. The smallest absolute Gasteiger partial charge is 0.0635 e. The fraction of sp³-hybridized carbons (Fsp3) is 1.00. The van der Waals surface area contributed by atoms with Gasteiger partial charge in [0.15, 0.2) is 0 Å². The molecule has 1 saturated carbocycles. The zero-order valence-corrected chi connectivity index (χ0v) is 11.6. The minimum absolute atomic E-state index is 0.0611. The minimum atomic E-state index is -0.0611. The average molecular weight is 240 g/mol. The van der Waals surface area contributed by atoms with Crippen molar-refractivity contribution < 1.29 is 5.11 Å². The van der Waals surface area contributed by atoms with Crippen LogP contribution in [-0.2, 0) is 0 Å². The summed E-state index contributed by atoms with van der Waals surface area (Å²) in [6.45, 7) is 5.69. The molecule has 1 saturated heterocycles. The summed E-state index contributed by atoms with van der Waals surface area (Å²) < 4.78 is 0. The monoisotopic (exact) mass is 240 g/mol. The molecule has 0 amide bonds. The fourth-order valence-electron chi connectivity index (χ4n) is 3.69. The Morgan fingerprint density at radius 1 is 1.24 bits per heavy atom. The summed E-state index contributed by atoms with van der Waals surface area (Å²) in [5, 5.41) is 10.4. The van der Waals surface area contributed by atoms with Gasteiger partial charge in [-0.15, -0.1) is 0 Å². The van der Waals surface area contributed by atoms with E-state index >= 15 is 0 Å². The summed E-state index contributed by atoms with van der Waals surface area (Å²) in [5.74, 6) is 0.996. The van der Waals surface area contributed by atoms with E-state index in [1.165, 1.54) is 32.2 Å². The Kier molecular flexibility index (Phi) is 4.45. The summed E-state index contributed by atoms with van der Waals surface area (Å²) in [6, 6.07) is 0.575. The van der Waals surface area contributed by atoms with Gasteiger partial charge in [0.05, 0.1) is 6.10 Å². The van der Waals surface area contributed by atoms with E-state index in [9.17, 15) is 5.11 Å². The lowest BCUT2D eigenvalue weighted by Gasteiger charge is -2.50. The van der Waals surface area contributed by atoms with Gasteiger partial charge in [-0.3, -0.25) is 0 Å². The first-order valence-corrected chi connectivity index (χ1v) is 7.20. The maximum absolute atomic E-state index is 10.4. The van der Waals surface area contributed by atoms with Crippen LogP contribution in [0, 0.1) is 11.8 Å².